The highest BCUT2D eigenvalue weighted by Crippen LogP contribution is 2.54. The second-order valence-electron chi connectivity index (χ2n) is 4.59. The highest BCUT2D eigenvalue weighted by atomic mass is 19.4. The van der Waals surface area contributed by atoms with Crippen LogP contribution < -0.4 is 0 Å². The fraction of sp³-hybridized carbons (Fsp3) is 0.727. The maximum absolute atomic E-state index is 13.1. The predicted molar refractivity (Wildman–Crippen MR) is 57.3 cm³/mol. The van der Waals surface area contributed by atoms with Gasteiger partial charge in [0, 0.05) is 12.0 Å². The minimum absolute atomic E-state index is 0.252. The molecule has 136 valence electrons. The Morgan fingerprint density at radius 2 is 1.48 bits per heavy atom. The number of aliphatic hydroxyl groups excluding tert-OH is 1. The number of carbonyl (C=O) groups excluding carboxylic acids is 1. The van der Waals surface area contributed by atoms with Gasteiger partial charge >= 0.3 is 29.9 Å². The SMILES string of the molecule is C=C(C)C(=O)OC[C@H](O)CC(F)(F)C(F)(F)C(F)(F)C(F)(F)F. The first kappa shape index (κ1) is 21.5. The van der Waals surface area contributed by atoms with Gasteiger partial charge < -0.3 is 9.84 Å². The van der Waals surface area contributed by atoms with Crippen LogP contribution in [0, 0.1) is 0 Å². The van der Waals surface area contributed by atoms with Crippen molar-refractivity contribution in [2.45, 2.75) is 43.4 Å². The fourth-order valence-electron chi connectivity index (χ4n) is 1.19. The molecule has 12 heteroatoms. The van der Waals surface area contributed by atoms with Gasteiger partial charge in [0.1, 0.15) is 6.61 Å². The molecule has 0 radical (unpaired) electrons. The van der Waals surface area contributed by atoms with Crippen molar-refractivity contribution < 1.29 is 54.2 Å². The van der Waals surface area contributed by atoms with Gasteiger partial charge in [-0.1, -0.05) is 6.58 Å². The molecule has 0 aromatic carbocycles. The summed E-state index contributed by atoms with van der Waals surface area (Å²) in [6, 6.07) is 0. The van der Waals surface area contributed by atoms with Crippen LogP contribution in [0.1, 0.15) is 13.3 Å². The van der Waals surface area contributed by atoms with E-state index in [2.05, 4.69) is 11.3 Å². The highest BCUT2D eigenvalue weighted by molar-refractivity contribution is 5.86. The van der Waals surface area contributed by atoms with E-state index in [1.54, 1.807) is 0 Å². The van der Waals surface area contributed by atoms with E-state index in [1.807, 2.05) is 0 Å². The van der Waals surface area contributed by atoms with Crippen molar-refractivity contribution >= 4 is 5.97 Å². The van der Waals surface area contributed by atoms with E-state index in [4.69, 9.17) is 5.11 Å². The number of ether oxygens (including phenoxy) is 1. The summed E-state index contributed by atoms with van der Waals surface area (Å²) < 4.78 is 117. The molecule has 0 aromatic rings. The second kappa shape index (κ2) is 6.57. The molecule has 1 N–H and O–H groups in total. The van der Waals surface area contributed by atoms with Crippen LogP contribution in [0.25, 0.3) is 0 Å². The van der Waals surface area contributed by atoms with Gasteiger partial charge in [0.25, 0.3) is 0 Å². The molecule has 0 aliphatic heterocycles. The van der Waals surface area contributed by atoms with E-state index in [9.17, 15) is 44.3 Å². The van der Waals surface area contributed by atoms with Crippen LogP contribution in [0.15, 0.2) is 12.2 Å². The van der Waals surface area contributed by atoms with Gasteiger partial charge in [-0.2, -0.15) is 39.5 Å². The van der Waals surface area contributed by atoms with Crippen molar-refractivity contribution in [1.82, 2.24) is 0 Å². The van der Waals surface area contributed by atoms with Crippen molar-refractivity contribution in [1.29, 1.82) is 0 Å². The Morgan fingerprint density at radius 3 is 1.83 bits per heavy atom. The molecule has 0 rings (SSSR count). The monoisotopic (exact) mass is 362 g/mol. The molecule has 0 amide bonds. The molecule has 0 bridgehead atoms. The lowest BCUT2D eigenvalue weighted by atomic mass is 9.98. The number of hydrogen-bond acceptors (Lipinski definition) is 3. The van der Waals surface area contributed by atoms with E-state index in [0.717, 1.165) is 6.92 Å². The Morgan fingerprint density at radius 1 is 1.04 bits per heavy atom. The summed E-state index contributed by atoms with van der Waals surface area (Å²) in [6.07, 6.45) is -12.0. The first-order valence-electron chi connectivity index (χ1n) is 5.68. The van der Waals surface area contributed by atoms with Gasteiger partial charge in [0.15, 0.2) is 0 Å². The quantitative estimate of drug-likeness (QED) is 0.429. The second-order valence-corrected chi connectivity index (χ2v) is 4.59. The summed E-state index contributed by atoms with van der Waals surface area (Å²) >= 11 is 0. The van der Waals surface area contributed by atoms with Crippen LogP contribution in [-0.4, -0.2) is 47.7 Å². The van der Waals surface area contributed by atoms with Crippen molar-refractivity contribution in [2.75, 3.05) is 6.61 Å². The molecule has 0 fully saturated rings. The zero-order chi connectivity index (χ0) is 18.9. The van der Waals surface area contributed by atoms with Crippen molar-refractivity contribution in [3.05, 3.63) is 12.2 Å². The zero-order valence-corrected chi connectivity index (χ0v) is 11.4. The van der Waals surface area contributed by atoms with Crippen LogP contribution in [0.4, 0.5) is 39.5 Å². The fourth-order valence-corrected chi connectivity index (χ4v) is 1.19. The molecular weight excluding hydrogens is 351 g/mol. The van der Waals surface area contributed by atoms with E-state index < -0.39 is 49.0 Å². The third-order valence-corrected chi connectivity index (χ3v) is 2.46. The third-order valence-electron chi connectivity index (χ3n) is 2.46. The lowest BCUT2D eigenvalue weighted by Crippen LogP contribution is -2.61. The number of rotatable bonds is 7. The summed E-state index contributed by atoms with van der Waals surface area (Å²) in [5.74, 6) is -21.0. The highest BCUT2D eigenvalue weighted by Gasteiger charge is 2.81. The molecule has 3 nitrogen and oxygen atoms in total. The van der Waals surface area contributed by atoms with Crippen LogP contribution in [-0.2, 0) is 9.53 Å². The standard InChI is InChI=1S/C11H11F9O3/c1-5(2)7(22)23-4-6(21)3-8(12,13)9(14,15)10(16,17)11(18,19)20/h6,21H,1,3-4H2,2H3/t6-/m1/s1. The average molecular weight is 362 g/mol. The van der Waals surface area contributed by atoms with Gasteiger partial charge in [-0.25, -0.2) is 4.79 Å². The Labute approximate surface area is 123 Å². The minimum Gasteiger partial charge on any atom is -0.460 e. The maximum Gasteiger partial charge on any atom is 0.460 e. The summed E-state index contributed by atoms with van der Waals surface area (Å²) in [5.41, 5.74) is -0.252. The molecule has 0 spiro atoms. The zero-order valence-electron chi connectivity index (χ0n) is 11.4. The number of aliphatic hydroxyl groups is 1. The summed E-state index contributed by atoms with van der Waals surface area (Å²) in [6.45, 7) is 2.85. The first-order valence-corrected chi connectivity index (χ1v) is 5.68. The maximum atomic E-state index is 13.1. The smallest absolute Gasteiger partial charge is 0.460 e. The summed E-state index contributed by atoms with van der Waals surface area (Å²) in [4.78, 5) is 10.9. The van der Waals surface area contributed by atoms with Gasteiger partial charge in [-0.3, -0.25) is 0 Å². The van der Waals surface area contributed by atoms with Crippen molar-refractivity contribution in [2.24, 2.45) is 0 Å². The van der Waals surface area contributed by atoms with Gasteiger partial charge in [0.2, 0.25) is 0 Å². The number of carbonyl (C=O) groups is 1. The Balaban J connectivity index is 5.11. The molecule has 0 aliphatic rings. The number of esters is 1. The predicted octanol–water partition coefficient (Wildman–Crippen LogP) is 3.32. The number of halogens is 9. The molecule has 0 saturated heterocycles. The van der Waals surface area contributed by atoms with E-state index in [0.29, 0.717) is 0 Å². The Kier molecular flexibility index (Phi) is 6.16. The number of hydrogen-bond donors (Lipinski definition) is 1. The van der Waals surface area contributed by atoms with Crippen LogP contribution in [0.3, 0.4) is 0 Å². The van der Waals surface area contributed by atoms with Crippen LogP contribution in [0.5, 0.6) is 0 Å². The lowest BCUT2D eigenvalue weighted by Gasteiger charge is -2.34. The molecular formula is C11H11F9O3. The largest absolute Gasteiger partial charge is 0.460 e. The van der Waals surface area contributed by atoms with E-state index in [1.165, 1.54) is 0 Å². The minimum atomic E-state index is -7.03. The Hall–Kier alpha value is -1.46. The van der Waals surface area contributed by atoms with Crippen molar-refractivity contribution in [3.63, 3.8) is 0 Å². The normalized spacial score (nSPS) is 15.3. The van der Waals surface area contributed by atoms with Gasteiger partial charge in [-0.15, -0.1) is 0 Å². The molecule has 0 aromatic heterocycles. The van der Waals surface area contributed by atoms with E-state index >= 15 is 0 Å². The van der Waals surface area contributed by atoms with Gasteiger partial charge in [0.05, 0.1) is 6.10 Å². The lowest BCUT2D eigenvalue weighted by molar-refractivity contribution is -0.398. The molecule has 0 saturated carbocycles. The molecule has 0 unspecified atom stereocenters. The molecule has 23 heavy (non-hydrogen) atoms. The third kappa shape index (κ3) is 4.52. The Bertz CT molecular complexity index is 456. The molecule has 0 heterocycles. The van der Waals surface area contributed by atoms with Crippen molar-refractivity contribution in [3.8, 4) is 0 Å². The first-order chi connectivity index (χ1) is 9.97. The van der Waals surface area contributed by atoms with Gasteiger partial charge in [-0.05, 0) is 6.92 Å². The topological polar surface area (TPSA) is 46.5 Å². The van der Waals surface area contributed by atoms with Crippen LogP contribution >= 0.6 is 0 Å². The average Bonchev–Trinajstić information content (AvgIpc) is 2.33. The molecule has 0 aliphatic carbocycles. The molecule has 1 atom stereocenters. The summed E-state index contributed by atoms with van der Waals surface area (Å²) in [7, 11) is 0. The number of alkyl halides is 9. The van der Waals surface area contributed by atoms with E-state index in [-0.39, 0.29) is 5.57 Å². The van der Waals surface area contributed by atoms with Crippen LogP contribution in [0.2, 0.25) is 0 Å². The summed E-state index contributed by atoms with van der Waals surface area (Å²) in [5, 5.41) is 9.00.